The summed E-state index contributed by atoms with van der Waals surface area (Å²) < 4.78 is 11.4. The van der Waals surface area contributed by atoms with Crippen molar-refractivity contribution in [3.63, 3.8) is 0 Å². The molecule has 4 rings (SSSR count). The Morgan fingerprint density at radius 1 is 1.10 bits per heavy atom. The number of ether oxygens (including phenoxy) is 1. The van der Waals surface area contributed by atoms with Crippen molar-refractivity contribution >= 4 is 33.9 Å². The molecule has 0 aliphatic rings. The predicted molar refractivity (Wildman–Crippen MR) is 113 cm³/mol. The molecule has 0 unspecified atom stereocenters. The van der Waals surface area contributed by atoms with E-state index >= 15 is 0 Å². The summed E-state index contributed by atoms with van der Waals surface area (Å²) in [4.78, 5) is 8.42. The van der Waals surface area contributed by atoms with Crippen LogP contribution in [0.3, 0.4) is 0 Å². The number of anilines is 2. The molecule has 1 N–H and O–H groups in total. The van der Waals surface area contributed by atoms with Crippen LogP contribution in [-0.4, -0.2) is 38.2 Å². The molecular weight excluding hydrogens is 408 g/mol. The zero-order valence-electron chi connectivity index (χ0n) is 15.6. The number of benzene rings is 1. The maximum atomic E-state index is 5.32. The van der Waals surface area contributed by atoms with Crippen molar-refractivity contribution in [2.75, 3.05) is 18.2 Å². The third-order valence-electron chi connectivity index (χ3n) is 3.91. The molecule has 0 spiro atoms. The van der Waals surface area contributed by atoms with E-state index in [0.29, 0.717) is 11.7 Å². The number of hydrogen-bond acceptors (Lipinski definition) is 10. The lowest BCUT2D eigenvalue weighted by Gasteiger charge is -2.03. The first kappa shape index (κ1) is 19.3. The van der Waals surface area contributed by atoms with Crippen LogP contribution in [0, 0.1) is 0 Å². The average molecular weight is 427 g/mol. The third-order valence-corrected chi connectivity index (χ3v) is 5.97. The summed E-state index contributed by atoms with van der Waals surface area (Å²) in [5.41, 5.74) is 1.84. The second kappa shape index (κ2) is 9.48. The first-order valence-electron chi connectivity index (χ1n) is 8.90. The van der Waals surface area contributed by atoms with Crippen molar-refractivity contribution in [1.82, 2.24) is 25.3 Å². The monoisotopic (exact) mass is 426 g/mol. The van der Waals surface area contributed by atoms with Gasteiger partial charge in [-0.15, -0.1) is 10.2 Å². The summed E-state index contributed by atoms with van der Waals surface area (Å²) in [6.07, 6.45) is 5.05. The molecule has 10 heteroatoms. The normalized spacial score (nSPS) is 10.8. The summed E-state index contributed by atoms with van der Waals surface area (Å²) in [6, 6.07) is 11.4. The van der Waals surface area contributed by atoms with Crippen LogP contribution in [0.15, 0.2) is 57.7 Å². The Kier molecular flexibility index (Phi) is 6.32. The van der Waals surface area contributed by atoms with Gasteiger partial charge in [0.1, 0.15) is 5.75 Å². The van der Waals surface area contributed by atoms with Gasteiger partial charge < -0.3 is 14.6 Å². The quantitative estimate of drug-likeness (QED) is 0.307. The highest BCUT2D eigenvalue weighted by atomic mass is 32.2. The Bertz CT molecular complexity index is 1040. The standard InChI is InChI=1S/C19H18N6O2S2/c1-26-15-6-4-14(5-7-15)21-18-23-24-19(29-18)28-12-2-3-16-22-17(25-27-16)13-8-10-20-11-9-13/h4-11H,2-3,12H2,1H3,(H,21,23). The van der Waals surface area contributed by atoms with Gasteiger partial charge in [0.25, 0.3) is 0 Å². The van der Waals surface area contributed by atoms with E-state index in [1.807, 2.05) is 36.4 Å². The summed E-state index contributed by atoms with van der Waals surface area (Å²) in [7, 11) is 1.65. The number of nitrogens with one attached hydrogen (secondary N) is 1. The number of methoxy groups -OCH3 is 1. The number of aryl methyl sites for hydroxylation is 1. The van der Waals surface area contributed by atoms with Crippen LogP contribution in [0.25, 0.3) is 11.4 Å². The molecule has 4 aromatic rings. The molecular formula is C19H18N6O2S2. The molecule has 0 aliphatic heterocycles. The van der Waals surface area contributed by atoms with Crippen LogP contribution in [0.1, 0.15) is 12.3 Å². The fourth-order valence-corrected chi connectivity index (χ4v) is 4.26. The largest absolute Gasteiger partial charge is 0.497 e. The molecule has 0 saturated heterocycles. The van der Waals surface area contributed by atoms with Crippen molar-refractivity contribution < 1.29 is 9.26 Å². The SMILES string of the molecule is COc1ccc(Nc2nnc(SCCCc3nc(-c4ccncc4)no3)s2)cc1. The van der Waals surface area contributed by atoms with Gasteiger partial charge in [-0.3, -0.25) is 4.98 Å². The molecule has 0 atom stereocenters. The first-order chi connectivity index (χ1) is 14.3. The number of nitrogens with zero attached hydrogens (tertiary/aromatic N) is 5. The van der Waals surface area contributed by atoms with Crippen LogP contribution < -0.4 is 10.1 Å². The van der Waals surface area contributed by atoms with Crippen LogP contribution >= 0.6 is 23.1 Å². The van der Waals surface area contributed by atoms with Gasteiger partial charge in [-0.1, -0.05) is 28.3 Å². The number of hydrogen-bond donors (Lipinski definition) is 1. The smallest absolute Gasteiger partial charge is 0.226 e. The van der Waals surface area contributed by atoms with Gasteiger partial charge in [0.2, 0.25) is 16.8 Å². The molecule has 3 aromatic heterocycles. The lowest BCUT2D eigenvalue weighted by Crippen LogP contribution is -1.89. The Balaban J connectivity index is 1.23. The van der Waals surface area contributed by atoms with E-state index in [1.165, 1.54) is 11.3 Å². The van der Waals surface area contributed by atoms with Crippen molar-refractivity contribution in [3.05, 3.63) is 54.7 Å². The summed E-state index contributed by atoms with van der Waals surface area (Å²) >= 11 is 3.19. The highest BCUT2D eigenvalue weighted by Crippen LogP contribution is 2.29. The molecule has 3 heterocycles. The fourth-order valence-electron chi connectivity index (χ4n) is 2.47. The number of pyridine rings is 1. The van der Waals surface area contributed by atoms with Crippen LogP contribution in [0.5, 0.6) is 5.75 Å². The Morgan fingerprint density at radius 3 is 2.72 bits per heavy atom. The van der Waals surface area contributed by atoms with E-state index in [1.54, 1.807) is 31.3 Å². The van der Waals surface area contributed by atoms with Crippen molar-refractivity contribution in [1.29, 1.82) is 0 Å². The summed E-state index contributed by atoms with van der Waals surface area (Å²) in [5, 5.41) is 16.4. The fraction of sp³-hybridized carbons (Fsp3) is 0.211. The molecule has 0 fully saturated rings. The number of thioether (sulfide) groups is 1. The van der Waals surface area contributed by atoms with Gasteiger partial charge in [0.15, 0.2) is 4.34 Å². The molecule has 29 heavy (non-hydrogen) atoms. The van der Waals surface area contributed by atoms with Crippen LogP contribution in [0.4, 0.5) is 10.8 Å². The Labute approximate surface area is 175 Å². The predicted octanol–water partition coefficient (Wildman–Crippen LogP) is 4.46. The molecule has 0 saturated carbocycles. The van der Waals surface area contributed by atoms with E-state index in [9.17, 15) is 0 Å². The third kappa shape index (κ3) is 5.30. The van der Waals surface area contributed by atoms with Crippen molar-refractivity contribution in [3.8, 4) is 17.1 Å². The van der Waals surface area contributed by atoms with Crippen molar-refractivity contribution in [2.24, 2.45) is 0 Å². The molecule has 0 radical (unpaired) electrons. The van der Waals surface area contributed by atoms with E-state index < -0.39 is 0 Å². The van der Waals surface area contributed by atoms with E-state index in [0.717, 1.165) is 45.1 Å². The molecule has 0 bridgehead atoms. The maximum absolute atomic E-state index is 5.32. The molecule has 0 amide bonds. The maximum Gasteiger partial charge on any atom is 0.226 e. The van der Waals surface area contributed by atoms with E-state index in [2.05, 4.69) is 30.6 Å². The second-order valence-electron chi connectivity index (χ2n) is 5.93. The highest BCUT2D eigenvalue weighted by molar-refractivity contribution is 8.01. The van der Waals surface area contributed by atoms with Gasteiger partial charge in [0, 0.05) is 35.8 Å². The van der Waals surface area contributed by atoms with Gasteiger partial charge in [0.05, 0.1) is 7.11 Å². The van der Waals surface area contributed by atoms with E-state index in [-0.39, 0.29) is 0 Å². The Hall–Kier alpha value is -2.98. The lowest BCUT2D eigenvalue weighted by molar-refractivity contribution is 0.378. The minimum atomic E-state index is 0.591. The van der Waals surface area contributed by atoms with Crippen molar-refractivity contribution in [2.45, 2.75) is 17.2 Å². The van der Waals surface area contributed by atoms with E-state index in [4.69, 9.17) is 9.26 Å². The second-order valence-corrected chi connectivity index (χ2v) is 8.25. The molecule has 8 nitrogen and oxygen atoms in total. The number of aromatic nitrogens is 5. The molecule has 0 aliphatic carbocycles. The molecule has 148 valence electrons. The topological polar surface area (TPSA) is 98.8 Å². The average Bonchev–Trinajstić information content (AvgIpc) is 3.42. The van der Waals surface area contributed by atoms with Gasteiger partial charge >= 0.3 is 0 Å². The lowest BCUT2D eigenvalue weighted by atomic mass is 10.2. The van der Waals surface area contributed by atoms with Gasteiger partial charge in [-0.2, -0.15) is 4.98 Å². The summed E-state index contributed by atoms with van der Waals surface area (Å²) in [6.45, 7) is 0. The molecule has 1 aromatic carbocycles. The minimum absolute atomic E-state index is 0.591. The van der Waals surface area contributed by atoms with Gasteiger partial charge in [-0.05, 0) is 42.8 Å². The van der Waals surface area contributed by atoms with Gasteiger partial charge in [-0.25, -0.2) is 0 Å². The highest BCUT2D eigenvalue weighted by Gasteiger charge is 2.09. The number of rotatable bonds is 9. The first-order valence-corrected chi connectivity index (χ1v) is 10.7. The Morgan fingerprint density at radius 2 is 1.93 bits per heavy atom. The van der Waals surface area contributed by atoms with Crippen LogP contribution in [-0.2, 0) is 6.42 Å². The minimum Gasteiger partial charge on any atom is -0.497 e. The zero-order valence-corrected chi connectivity index (χ0v) is 17.2. The summed E-state index contributed by atoms with van der Waals surface area (Å²) in [5.74, 6) is 2.94. The zero-order chi connectivity index (χ0) is 19.9. The van der Waals surface area contributed by atoms with Crippen LogP contribution in [0.2, 0.25) is 0 Å².